The molecule has 7 heteroatoms. The van der Waals surface area contributed by atoms with Crippen LogP contribution in [0.4, 0.5) is 0 Å². The van der Waals surface area contributed by atoms with Crippen LogP contribution in [0.5, 0.6) is 0 Å². The molecule has 0 aromatic carbocycles. The molecule has 0 bridgehead atoms. The quantitative estimate of drug-likeness (QED) is 0.268. The van der Waals surface area contributed by atoms with Gasteiger partial charge in [-0.3, -0.25) is 0 Å². The molecule has 0 aliphatic carbocycles. The predicted molar refractivity (Wildman–Crippen MR) is 124 cm³/mol. The summed E-state index contributed by atoms with van der Waals surface area (Å²) in [6.45, 7) is 2.69. The van der Waals surface area contributed by atoms with Crippen molar-refractivity contribution in [3.8, 4) is 0 Å². The summed E-state index contributed by atoms with van der Waals surface area (Å²) in [5.41, 5.74) is 0. The molecule has 0 spiro atoms. The van der Waals surface area contributed by atoms with Crippen LogP contribution in [0.1, 0.15) is 116 Å². The minimum atomic E-state index is -3.48. The number of sulfonamides is 1. The zero-order chi connectivity index (χ0) is 21.4. The highest BCUT2D eigenvalue weighted by molar-refractivity contribution is 7.95. The third kappa shape index (κ3) is 13.7. The number of rotatable bonds is 19. The van der Waals surface area contributed by atoms with Crippen LogP contribution in [0.25, 0.3) is 0 Å². The van der Waals surface area contributed by atoms with Gasteiger partial charge in [0.1, 0.15) is 0 Å². The lowest BCUT2D eigenvalue weighted by Gasteiger charge is -2.11. The summed E-state index contributed by atoms with van der Waals surface area (Å²) in [5.74, 6) is -0.223. The second-order valence-corrected chi connectivity index (χ2v) is 13.0. The molecule has 1 fully saturated rings. The fourth-order valence-electron chi connectivity index (χ4n) is 4.01. The van der Waals surface area contributed by atoms with Crippen molar-refractivity contribution in [2.45, 2.75) is 121 Å². The summed E-state index contributed by atoms with van der Waals surface area (Å²) in [6, 6.07) is 0. The van der Waals surface area contributed by atoms with E-state index in [2.05, 4.69) is 11.6 Å². The molecule has 0 aromatic heterocycles. The van der Waals surface area contributed by atoms with Gasteiger partial charge in [0.2, 0.25) is 10.0 Å². The summed E-state index contributed by atoms with van der Waals surface area (Å²) < 4.78 is 49.7. The molecule has 0 amide bonds. The summed E-state index contributed by atoms with van der Waals surface area (Å²) in [4.78, 5) is 0. The van der Waals surface area contributed by atoms with Crippen molar-refractivity contribution in [1.29, 1.82) is 0 Å². The van der Waals surface area contributed by atoms with Gasteiger partial charge in [0.05, 0.1) is 16.8 Å². The molecular formula is C22H45NO4S2. The Labute approximate surface area is 180 Å². The minimum absolute atomic E-state index is 0.00236. The highest BCUT2D eigenvalue weighted by Gasteiger charge is 2.36. The summed E-state index contributed by atoms with van der Waals surface area (Å²) in [7, 11) is -6.64. The van der Waals surface area contributed by atoms with Crippen LogP contribution in [-0.4, -0.2) is 40.1 Å². The van der Waals surface area contributed by atoms with E-state index in [0.29, 0.717) is 6.54 Å². The molecule has 0 radical (unpaired) electrons. The maximum Gasteiger partial charge on any atom is 0.215 e. The van der Waals surface area contributed by atoms with Crippen LogP contribution in [0, 0.1) is 0 Å². The molecule has 1 aliphatic rings. The molecule has 1 N–H and O–H groups in total. The van der Waals surface area contributed by atoms with Crippen LogP contribution in [-0.2, 0) is 19.9 Å². The van der Waals surface area contributed by atoms with Gasteiger partial charge < -0.3 is 0 Å². The van der Waals surface area contributed by atoms with E-state index in [1.807, 2.05) is 0 Å². The van der Waals surface area contributed by atoms with Gasteiger partial charge in [-0.25, -0.2) is 21.6 Å². The minimum Gasteiger partial charge on any atom is -0.229 e. The molecule has 0 aromatic rings. The monoisotopic (exact) mass is 451 g/mol. The zero-order valence-corrected chi connectivity index (χ0v) is 20.3. The number of hydrogen-bond acceptors (Lipinski definition) is 4. The average molecular weight is 452 g/mol. The topological polar surface area (TPSA) is 80.3 Å². The highest BCUT2D eigenvalue weighted by Crippen LogP contribution is 2.18. The van der Waals surface area contributed by atoms with E-state index in [9.17, 15) is 16.8 Å². The molecule has 1 unspecified atom stereocenters. The van der Waals surface area contributed by atoms with Crippen molar-refractivity contribution in [1.82, 2.24) is 4.72 Å². The standard InChI is InChI=1S/C22H45NO4S2/c1-2-3-4-5-6-7-8-9-10-11-12-13-14-15-16-17-19-23-29(26,27)22-18-20-28(24,25)21-22/h22-23H,2-21H2,1H3. The molecule has 1 heterocycles. The molecule has 1 aliphatic heterocycles. The SMILES string of the molecule is CCCCCCCCCCCCCCCCCCNS(=O)(=O)C1CCS(=O)(=O)C1. The molecule has 5 nitrogen and oxygen atoms in total. The lowest BCUT2D eigenvalue weighted by Crippen LogP contribution is -2.35. The first-order valence-corrected chi connectivity index (χ1v) is 15.4. The zero-order valence-electron chi connectivity index (χ0n) is 18.7. The van der Waals surface area contributed by atoms with Crippen molar-refractivity contribution in [3.63, 3.8) is 0 Å². The maximum absolute atomic E-state index is 12.1. The lowest BCUT2D eigenvalue weighted by molar-refractivity contribution is 0.527. The summed E-state index contributed by atoms with van der Waals surface area (Å²) >= 11 is 0. The van der Waals surface area contributed by atoms with Crippen molar-refractivity contribution < 1.29 is 16.8 Å². The van der Waals surface area contributed by atoms with Crippen molar-refractivity contribution in [2.24, 2.45) is 0 Å². The third-order valence-corrected chi connectivity index (χ3v) is 9.83. The fraction of sp³-hybridized carbons (Fsp3) is 1.00. The highest BCUT2D eigenvalue weighted by atomic mass is 32.2. The number of sulfone groups is 1. The van der Waals surface area contributed by atoms with Gasteiger partial charge in [0.25, 0.3) is 0 Å². The molecule has 174 valence electrons. The molecule has 1 saturated heterocycles. The van der Waals surface area contributed by atoms with E-state index in [4.69, 9.17) is 0 Å². The fourth-order valence-corrected chi connectivity index (χ4v) is 8.13. The lowest BCUT2D eigenvalue weighted by atomic mass is 10.0. The Morgan fingerprint density at radius 3 is 1.52 bits per heavy atom. The first kappa shape index (κ1) is 26.9. The van der Waals surface area contributed by atoms with E-state index < -0.39 is 25.1 Å². The average Bonchev–Trinajstić information content (AvgIpc) is 3.05. The number of hydrogen-bond donors (Lipinski definition) is 1. The normalized spacial score (nSPS) is 19.0. The van der Waals surface area contributed by atoms with Crippen LogP contribution < -0.4 is 4.72 Å². The first-order chi connectivity index (χ1) is 13.9. The molecular weight excluding hydrogens is 406 g/mol. The van der Waals surface area contributed by atoms with Crippen LogP contribution in [0.3, 0.4) is 0 Å². The smallest absolute Gasteiger partial charge is 0.215 e. The molecule has 0 saturated carbocycles. The van der Waals surface area contributed by atoms with E-state index in [1.54, 1.807) is 0 Å². The van der Waals surface area contributed by atoms with Gasteiger partial charge in [-0.1, -0.05) is 103 Å². The largest absolute Gasteiger partial charge is 0.229 e. The van der Waals surface area contributed by atoms with E-state index in [1.165, 1.54) is 83.5 Å². The Bertz CT molecular complexity index is 602. The first-order valence-electron chi connectivity index (χ1n) is 12.1. The number of nitrogens with one attached hydrogen (secondary N) is 1. The van der Waals surface area contributed by atoms with Gasteiger partial charge >= 0.3 is 0 Å². The summed E-state index contributed by atoms with van der Waals surface area (Å²) in [6.07, 6.45) is 20.9. The van der Waals surface area contributed by atoms with Gasteiger partial charge in [-0.05, 0) is 12.8 Å². The Balaban J connectivity index is 1.83. The van der Waals surface area contributed by atoms with Gasteiger partial charge in [-0.15, -0.1) is 0 Å². The maximum atomic E-state index is 12.1. The van der Waals surface area contributed by atoms with Crippen molar-refractivity contribution in [3.05, 3.63) is 0 Å². The Kier molecular flexibility index (Phi) is 14.5. The number of unbranched alkanes of at least 4 members (excludes halogenated alkanes) is 15. The molecule has 29 heavy (non-hydrogen) atoms. The van der Waals surface area contributed by atoms with E-state index in [0.717, 1.165) is 19.3 Å². The Morgan fingerprint density at radius 1 is 0.724 bits per heavy atom. The van der Waals surface area contributed by atoms with E-state index in [-0.39, 0.29) is 17.9 Å². The van der Waals surface area contributed by atoms with Gasteiger partial charge in [-0.2, -0.15) is 0 Å². The van der Waals surface area contributed by atoms with Crippen molar-refractivity contribution in [2.75, 3.05) is 18.1 Å². The molecule has 1 atom stereocenters. The Hall–Kier alpha value is -0.140. The predicted octanol–water partition coefficient (Wildman–Crippen LogP) is 5.35. The van der Waals surface area contributed by atoms with Crippen LogP contribution in [0.2, 0.25) is 0 Å². The second-order valence-electron chi connectivity index (χ2n) is 8.77. The van der Waals surface area contributed by atoms with Gasteiger partial charge in [0.15, 0.2) is 9.84 Å². The summed E-state index contributed by atoms with van der Waals surface area (Å²) in [5, 5.41) is -0.756. The molecule has 1 rings (SSSR count). The van der Waals surface area contributed by atoms with Gasteiger partial charge in [0, 0.05) is 6.54 Å². The van der Waals surface area contributed by atoms with Crippen LogP contribution in [0.15, 0.2) is 0 Å². The van der Waals surface area contributed by atoms with Crippen LogP contribution >= 0.6 is 0 Å². The Morgan fingerprint density at radius 2 is 1.14 bits per heavy atom. The second kappa shape index (κ2) is 15.6. The third-order valence-electron chi connectivity index (χ3n) is 5.96. The van der Waals surface area contributed by atoms with E-state index >= 15 is 0 Å². The van der Waals surface area contributed by atoms with Crippen molar-refractivity contribution >= 4 is 19.9 Å².